The minimum atomic E-state index is -0.425. The van der Waals surface area contributed by atoms with Gasteiger partial charge in [0.2, 0.25) is 5.91 Å². The molecule has 0 unspecified atom stereocenters. The van der Waals surface area contributed by atoms with E-state index in [9.17, 15) is 9.59 Å². The van der Waals surface area contributed by atoms with E-state index in [2.05, 4.69) is 15.6 Å². The van der Waals surface area contributed by atoms with Crippen molar-refractivity contribution in [2.75, 3.05) is 24.4 Å². The number of pyridine rings is 1. The molecule has 2 heterocycles. The quantitative estimate of drug-likeness (QED) is 0.583. The molecule has 0 saturated carbocycles. The lowest BCUT2D eigenvalue weighted by Crippen LogP contribution is -2.09. The van der Waals surface area contributed by atoms with Crippen LogP contribution in [0.5, 0.6) is 5.75 Å². The highest BCUT2D eigenvalue weighted by atomic mass is 32.1. The van der Waals surface area contributed by atoms with Crippen molar-refractivity contribution < 1.29 is 19.1 Å². The number of anilines is 2. The number of nitrogens with zero attached hydrogens (tertiary/aromatic N) is 1. The molecule has 1 amide bonds. The molecule has 3 aromatic rings. The van der Waals surface area contributed by atoms with E-state index >= 15 is 0 Å². The minimum Gasteiger partial charge on any atom is -0.497 e. The van der Waals surface area contributed by atoms with E-state index in [1.807, 2.05) is 24.3 Å². The molecule has 0 bridgehead atoms. The van der Waals surface area contributed by atoms with Crippen LogP contribution in [0.25, 0.3) is 10.2 Å². The molecule has 0 saturated heterocycles. The third-order valence-corrected chi connectivity index (χ3v) is 5.02. The molecule has 146 valence electrons. The summed E-state index contributed by atoms with van der Waals surface area (Å²) < 4.78 is 11.2. The summed E-state index contributed by atoms with van der Waals surface area (Å²) in [5.41, 5.74) is 2.58. The van der Waals surface area contributed by atoms with Crippen molar-refractivity contribution in [3.63, 3.8) is 0 Å². The van der Waals surface area contributed by atoms with Crippen LogP contribution >= 0.6 is 11.3 Å². The second-order valence-electron chi connectivity index (χ2n) is 5.98. The highest BCUT2D eigenvalue weighted by Crippen LogP contribution is 2.36. The van der Waals surface area contributed by atoms with E-state index in [1.54, 1.807) is 20.1 Å². The number of nitrogens with one attached hydrogen (secondary N) is 2. The van der Waals surface area contributed by atoms with Crippen molar-refractivity contribution in [3.05, 3.63) is 47.7 Å². The average Bonchev–Trinajstić information content (AvgIpc) is 3.04. The zero-order valence-electron chi connectivity index (χ0n) is 15.9. The number of esters is 1. The number of ether oxygens (including phenoxy) is 2. The first kappa shape index (κ1) is 19.6. The number of aromatic nitrogens is 1. The van der Waals surface area contributed by atoms with Gasteiger partial charge in [-0.2, -0.15) is 0 Å². The zero-order chi connectivity index (χ0) is 20.1. The largest absolute Gasteiger partial charge is 0.497 e. The maximum absolute atomic E-state index is 12.5. The molecule has 1 aromatic carbocycles. The molecule has 0 fully saturated rings. The van der Waals surface area contributed by atoms with Crippen molar-refractivity contribution in [1.29, 1.82) is 0 Å². The van der Waals surface area contributed by atoms with Crippen LogP contribution in [0.3, 0.4) is 0 Å². The van der Waals surface area contributed by atoms with Crippen LogP contribution in [-0.2, 0) is 16.1 Å². The monoisotopic (exact) mass is 399 g/mol. The number of amides is 1. The molecule has 0 atom stereocenters. The van der Waals surface area contributed by atoms with Crippen molar-refractivity contribution in [1.82, 2.24) is 4.98 Å². The fourth-order valence-corrected chi connectivity index (χ4v) is 3.78. The topological polar surface area (TPSA) is 89.5 Å². The SMILES string of the molecule is CCOC(=O)c1c(NCc2ccc(OC)cc2)sc2cc(NC(C)=O)cnc12. The van der Waals surface area contributed by atoms with Gasteiger partial charge in [0, 0.05) is 13.5 Å². The highest BCUT2D eigenvalue weighted by Gasteiger charge is 2.22. The van der Waals surface area contributed by atoms with Gasteiger partial charge in [0.25, 0.3) is 0 Å². The molecule has 2 N–H and O–H groups in total. The van der Waals surface area contributed by atoms with E-state index in [4.69, 9.17) is 9.47 Å². The number of carbonyl (C=O) groups excluding carboxylic acids is 2. The first-order valence-corrected chi connectivity index (χ1v) is 9.57. The van der Waals surface area contributed by atoms with Gasteiger partial charge in [0.1, 0.15) is 16.3 Å². The van der Waals surface area contributed by atoms with Gasteiger partial charge in [0.05, 0.1) is 35.8 Å². The van der Waals surface area contributed by atoms with E-state index in [-0.39, 0.29) is 12.5 Å². The van der Waals surface area contributed by atoms with Crippen molar-refractivity contribution >= 4 is 44.1 Å². The highest BCUT2D eigenvalue weighted by molar-refractivity contribution is 7.23. The first-order valence-electron chi connectivity index (χ1n) is 8.76. The fourth-order valence-electron chi connectivity index (χ4n) is 2.69. The number of carbonyl (C=O) groups is 2. The molecular weight excluding hydrogens is 378 g/mol. The fraction of sp³-hybridized carbons (Fsp3) is 0.250. The Balaban J connectivity index is 1.92. The molecule has 0 aliphatic rings. The predicted octanol–water partition coefficient (Wildman–Crippen LogP) is 4.05. The summed E-state index contributed by atoms with van der Waals surface area (Å²) in [4.78, 5) is 28.2. The molecule has 7 nitrogen and oxygen atoms in total. The summed E-state index contributed by atoms with van der Waals surface area (Å²) in [7, 11) is 1.62. The Morgan fingerprint density at radius 3 is 2.61 bits per heavy atom. The number of hydrogen-bond donors (Lipinski definition) is 2. The lowest BCUT2D eigenvalue weighted by Gasteiger charge is -2.08. The van der Waals surface area contributed by atoms with Gasteiger partial charge in [-0.05, 0) is 30.7 Å². The molecule has 0 radical (unpaired) electrons. The maximum atomic E-state index is 12.5. The van der Waals surface area contributed by atoms with Gasteiger partial charge < -0.3 is 20.1 Å². The van der Waals surface area contributed by atoms with Crippen LogP contribution in [0.1, 0.15) is 29.8 Å². The predicted molar refractivity (Wildman–Crippen MR) is 110 cm³/mol. The van der Waals surface area contributed by atoms with Crippen molar-refractivity contribution in [2.45, 2.75) is 20.4 Å². The lowest BCUT2D eigenvalue weighted by molar-refractivity contribution is -0.114. The Labute approximate surface area is 166 Å². The number of fused-ring (bicyclic) bond motifs is 1. The molecule has 8 heteroatoms. The Kier molecular flexibility index (Phi) is 6.10. The van der Waals surface area contributed by atoms with Gasteiger partial charge in [0.15, 0.2) is 0 Å². The summed E-state index contributed by atoms with van der Waals surface area (Å²) in [6, 6.07) is 9.48. The van der Waals surface area contributed by atoms with E-state index in [0.29, 0.717) is 28.3 Å². The Bertz CT molecular complexity index is 999. The third-order valence-electron chi connectivity index (χ3n) is 3.94. The smallest absolute Gasteiger partial charge is 0.343 e. The second-order valence-corrected chi connectivity index (χ2v) is 7.03. The number of methoxy groups -OCH3 is 1. The summed E-state index contributed by atoms with van der Waals surface area (Å²) >= 11 is 1.40. The number of hydrogen-bond acceptors (Lipinski definition) is 7. The van der Waals surface area contributed by atoms with Gasteiger partial charge in [-0.3, -0.25) is 9.78 Å². The Hall–Kier alpha value is -3.13. The molecular formula is C20H21N3O4S. The van der Waals surface area contributed by atoms with Crippen molar-refractivity contribution in [2.24, 2.45) is 0 Å². The Morgan fingerprint density at radius 2 is 1.96 bits per heavy atom. The van der Waals surface area contributed by atoms with Crippen LogP contribution in [0.15, 0.2) is 36.5 Å². The number of benzene rings is 1. The van der Waals surface area contributed by atoms with Crippen LogP contribution < -0.4 is 15.4 Å². The van der Waals surface area contributed by atoms with E-state index in [1.165, 1.54) is 24.5 Å². The van der Waals surface area contributed by atoms with Gasteiger partial charge >= 0.3 is 5.97 Å². The molecule has 28 heavy (non-hydrogen) atoms. The van der Waals surface area contributed by atoms with Crippen LogP contribution in [0.4, 0.5) is 10.7 Å². The first-order chi connectivity index (χ1) is 13.5. The third kappa shape index (κ3) is 4.40. The second kappa shape index (κ2) is 8.71. The molecule has 0 spiro atoms. The van der Waals surface area contributed by atoms with Gasteiger partial charge in [-0.1, -0.05) is 12.1 Å². The summed E-state index contributed by atoms with van der Waals surface area (Å²) in [6.07, 6.45) is 1.53. The van der Waals surface area contributed by atoms with E-state index < -0.39 is 5.97 Å². The summed E-state index contributed by atoms with van der Waals surface area (Å²) in [5.74, 6) is 0.180. The zero-order valence-corrected chi connectivity index (χ0v) is 16.7. The van der Waals surface area contributed by atoms with Crippen LogP contribution in [-0.4, -0.2) is 30.6 Å². The van der Waals surface area contributed by atoms with Crippen molar-refractivity contribution in [3.8, 4) is 5.75 Å². The summed E-state index contributed by atoms with van der Waals surface area (Å²) in [6.45, 7) is 4.00. The minimum absolute atomic E-state index is 0.179. The maximum Gasteiger partial charge on any atom is 0.343 e. The van der Waals surface area contributed by atoms with Crippen LogP contribution in [0, 0.1) is 0 Å². The molecule has 3 rings (SSSR count). The Morgan fingerprint density at radius 1 is 1.21 bits per heavy atom. The van der Waals surface area contributed by atoms with Gasteiger partial charge in [-0.25, -0.2) is 4.79 Å². The van der Waals surface area contributed by atoms with Crippen LogP contribution in [0.2, 0.25) is 0 Å². The lowest BCUT2D eigenvalue weighted by atomic mass is 10.2. The number of thiophene rings is 1. The molecule has 0 aliphatic carbocycles. The summed E-state index contributed by atoms with van der Waals surface area (Å²) in [5, 5.41) is 6.69. The average molecular weight is 399 g/mol. The molecule has 2 aromatic heterocycles. The molecule has 0 aliphatic heterocycles. The van der Waals surface area contributed by atoms with E-state index in [0.717, 1.165) is 16.0 Å². The normalized spacial score (nSPS) is 10.5. The number of rotatable bonds is 7. The standard InChI is InChI=1S/C20H21N3O4S/c1-4-27-20(25)17-18-16(9-14(11-21-18)23-12(2)24)28-19(17)22-10-13-5-7-15(26-3)8-6-13/h5-9,11,22H,4,10H2,1-3H3,(H,23,24). The van der Waals surface area contributed by atoms with Gasteiger partial charge in [-0.15, -0.1) is 11.3 Å².